The van der Waals surface area contributed by atoms with E-state index in [0.29, 0.717) is 18.2 Å². The highest BCUT2D eigenvalue weighted by Crippen LogP contribution is 2.30. The lowest BCUT2D eigenvalue weighted by atomic mass is 10.1. The van der Waals surface area contributed by atoms with Crippen LogP contribution < -0.4 is 10.1 Å². The zero-order chi connectivity index (χ0) is 9.47. The summed E-state index contributed by atoms with van der Waals surface area (Å²) in [5.41, 5.74) is -0.106. The van der Waals surface area contributed by atoms with Crippen LogP contribution in [0.2, 0.25) is 5.28 Å². The molecular weight excluding hydrogens is 190 g/mol. The van der Waals surface area contributed by atoms with Crippen LogP contribution in [0.4, 0.5) is 5.82 Å². The van der Waals surface area contributed by atoms with Gasteiger partial charge in [-0.25, -0.2) is 4.98 Å². The summed E-state index contributed by atoms with van der Waals surface area (Å²) in [6.45, 7) is 4.67. The molecule has 0 atom stereocenters. The van der Waals surface area contributed by atoms with Gasteiger partial charge in [-0.15, -0.1) is 0 Å². The van der Waals surface area contributed by atoms with Crippen LogP contribution in [0.25, 0.3) is 0 Å². The fraction of sp³-hybridized carbons (Fsp3) is 0.500. The number of fused-ring (bicyclic) bond motifs is 1. The first-order valence-corrected chi connectivity index (χ1v) is 4.38. The molecule has 0 bridgehead atoms. The third-order valence-electron chi connectivity index (χ3n) is 1.77. The highest BCUT2D eigenvalue weighted by atomic mass is 35.5. The Balaban J connectivity index is 2.38. The van der Waals surface area contributed by atoms with E-state index in [-0.39, 0.29) is 10.8 Å². The van der Waals surface area contributed by atoms with Crippen molar-refractivity contribution < 1.29 is 4.74 Å². The summed E-state index contributed by atoms with van der Waals surface area (Å²) in [5, 5.41) is 3.45. The molecule has 0 spiro atoms. The number of rotatable bonds is 0. The Hall–Kier alpha value is -1.03. The van der Waals surface area contributed by atoms with E-state index in [0.717, 1.165) is 0 Å². The molecule has 1 aromatic heterocycles. The molecule has 0 saturated heterocycles. The van der Waals surface area contributed by atoms with Crippen LogP contribution in [-0.4, -0.2) is 22.1 Å². The molecule has 70 valence electrons. The number of halogens is 1. The third kappa shape index (κ3) is 1.67. The molecule has 4 nitrogen and oxygen atoms in total. The van der Waals surface area contributed by atoms with Gasteiger partial charge in [0.25, 0.3) is 0 Å². The summed E-state index contributed by atoms with van der Waals surface area (Å²) >= 11 is 5.65. The van der Waals surface area contributed by atoms with E-state index in [1.807, 2.05) is 13.8 Å². The van der Waals surface area contributed by atoms with Crippen molar-refractivity contribution in [1.29, 1.82) is 0 Å². The van der Waals surface area contributed by atoms with E-state index < -0.39 is 0 Å². The first kappa shape index (κ1) is 8.56. The van der Waals surface area contributed by atoms with E-state index in [9.17, 15) is 0 Å². The Bertz CT molecular complexity index is 340. The molecule has 2 rings (SSSR count). The first-order valence-electron chi connectivity index (χ1n) is 4.00. The monoisotopic (exact) mass is 199 g/mol. The van der Waals surface area contributed by atoms with Gasteiger partial charge < -0.3 is 10.1 Å². The Kier molecular flexibility index (Phi) is 1.80. The number of ether oxygens (including phenoxy) is 1. The number of nitrogens with zero attached hydrogens (tertiary/aromatic N) is 2. The molecule has 0 saturated carbocycles. The van der Waals surface area contributed by atoms with Crippen LogP contribution in [0.15, 0.2) is 6.20 Å². The van der Waals surface area contributed by atoms with Crippen molar-refractivity contribution in [2.45, 2.75) is 19.4 Å². The first-order chi connectivity index (χ1) is 6.07. The number of hydrogen-bond donors (Lipinski definition) is 1. The lowest BCUT2D eigenvalue weighted by molar-refractivity contribution is 0.239. The minimum absolute atomic E-state index is 0.106. The second-order valence-electron chi connectivity index (χ2n) is 3.65. The molecule has 13 heavy (non-hydrogen) atoms. The second-order valence-corrected chi connectivity index (χ2v) is 3.99. The minimum Gasteiger partial charge on any atom is -0.486 e. The van der Waals surface area contributed by atoms with Gasteiger partial charge in [-0.05, 0) is 25.4 Å². The summed E-state index contributed by atoms with van der Waals surface area (Å²) in [6.07, 6.45) is 1.58. The Morgan fingerprint density at radius 3 is 3.15 bits per heavy atom. The van der Waals surface area contributed by atoms with Crippen molar-refractivity contribution in [2.75, 3.05) is 11.9 Å². The molecule has 0 amide bonds. The van der Waals surface area contributed by atoms with E-state index in [4.69, 9.17) is 16.3 Å². The fourth-order valence-corrected chi connectivity index (χ4v) is 1.29. The van der Waals surface area contributed by atoms with Crippen molar-refractivity contribution >= 4 is 17.4 Å². The molecule has 0 radical (unpaired) electrons. The molecule has 2 heterocycles. The van der Waals surface area contributed by atoms with Gasteiger partial charge in [0.05, 0.1) is 11.7 Å². The van der Waals surface area contributed by atoms with Crippen LogP contribution in [-0.2, 0) is 0 Å². The topological polar surface area (TPSA) is 47.0 Å². The number of nitrogens with one attached hydrogen (secondary N) is 1. The maximum absolute atomic E-state index is 5.65. The van der Waals surface area contributed by atoms with Crippen molar-refractivity contribution in [1.82, 2.24) is 9.97 Å². The molecule has 1 aromatic rings. The Labute approximate surface area is 81.3 Å². The highest BCUT2D eigenvalue weighted by Gasteiger charge is 2.26. The molecule has 0 aromatic carbocycles. The predicted octanol–water partition coefficient (Wildman–Crippen LogP) is 1.71. The molecule has 1 N–H and O–H groups in total. The van der Waals surface area contributed by atoms with Gasteiger partial charge in [0, 0.05) is 0 Å². The van der Waals surface area contributed by atoms with E-state index in [1.54, 1.807) is 6.20 Å². The maximum Gasteiger partial charge on any atom is 0.224 e. The molecule has 1 aliphatic heterocycles. The molecule has 0 aliphatic carbocycles. The average Bonchev–Trinajstić information content (AvgIpc) is 2.01. The lowest BCUT2D eigenvalue weighted by Gasteiger charge is -2.32. The van der Waals surface area contributed by atoms with Gasteiger partial charge in [-0.1, -0.05) is 0 Å². The summed E-state index contributed by atoms with van der Waals surface area (Å²) in [5.74, 6) is 1.32. The zero-order valence-electron chi connectivity index (χ0n) is 7.47. The van der Waals surface area contributed by atoms with E-state index >= 15 is 0 Å². The molecule has 0 unspecified atom stereocenters. The summed E-state index contributed by atoms with van der Waals surface area (Å²) in [6, 6.07) is 0. The maximum atomic E-state index is 5.65. The van der Waals surface area contributed by atoms with Gasteiger partial charge in [0.1, 0.15) is 6.61 Å². The van der Waals surface area contributed by atoms with Crippen molar-refractivity contribution in [3.63, 3.8) is 0 Å². The standard InChI is InChI=1S/C8H10ClN3O/c1-8(2)4-13-5-3-10-7(9)11-6(5)12-8/h3H,4H2,1-2H3,(H,10,11,12). The highest BCUT2D eigenvalue weighted by molar-refractivity contribution is 6.28. The van der Waals surface area contributed by atoms with Crippen LogP contribution in [0.3, 0.4) is 0 Å². The average molecular weight is 200 g/mol. The van der Waals surface area contributed by atoms with Crippen molar-refractivity contribution in [2.24, 2.45) is 0 Å². The lowest BCUT2D eigenvalue weighted by Crippen LogP contribution is -2.41. The molecular formula is C8H10ClN3O. The van der Waals surface area contributed by atoms with Crippen LogP contribution in [0.1, 0.15) is 13.8 Å². The molecule has 5 heteroatoms. The largest absolute Gasteiger partial charge is 0.486 e. The third-order valence-corrected chi connectivity index (χ3v) is 1.95. The van der Waals surface area contributed by atoms with Gasteiger partial charge in [-0.3, -0.25) is 0 Å². The number of anilines is 1. The number of aromatic nitrogens is 2. The smallest absolute Gasteiger partial charge is 0.224 e. The second kappa shape index (κ2) is 2.73. The van der Waals surface area contributed by atoms with Crippen molar-refractivity contribution in [3.05, 3.63) is 11.5 Å². The zero-order valence-corrected chi connectivity index (χ0v) is 8.22. The number of hydrogen-bond acceptors (Lipinski definition) is 4. The van der Waals surface area contributed by atoms with Gasteiger partial charge in [0.15, 0.2) is 11.6 Å². The van der Waals surface area contributed by atoms with Crippen LogP contribution in [0, 0.1) is 0 Å². The van der Waals surface area contributed by atoms with Crippen LogP contribution in [0.5, 0.6) is 5.75 Å². The van der Waals surface area contributed by atoms with Gasteiger partial charge in [-0.2, -0.15) is 4.98 Å². The Morgan fingerprint density at radius 1 is 1.62 bits per heavy atom. The minimum atomic E-state index is -0.106. The molecule has 0 fully saturated rings. The van der Waals surface area contributed by atoms with Gasteiger partial charge in [0.2, 0.25) is 5.28 Å². The fourth-order valence-electron chi connectivity index (χ4n) is 1.16. The SMILES string of the molecule is CC1(C)COc2cnc(Cl)nc2N1. The van der Waals surface area contributed by atoms with E-state index in [1.165, 1.54) is 0 Å². The quantitative estimate of drug-likeness (QED) is 0.647. The van der Waals surface area contributed by atoms with Crippen LogP contribution >= 0.6 is 11.6 Å². The van der Waals surface area contributed by atoms with E-state index in [2.05, 4.69) is 15.3 Å². The van der Waals surface area contributed by atoms with Gasteiger partial charge >= 0.3 is 0 Å². The summed E-state index contributed by atoms with van der Waals surface area (Å²) in [7, 11) is 0. The summed E-state index contributed by atoms with van der Waals surface area (Å²) in [4.78, 5) is 7.86. The Morgan fingerprint density at radius 2 is 2.38 bits per heavy atom. The predicted molar refractivity (Wildman–Crippen MR) is 50.2 cm³/mol. The van der Waals surface area contributed by atoms with Crippen molar-refractivity contribution in [3.8, 4) is 5.75 Å². The normalized spacial score (nSPS) is 18.4. The molecule has 1 aliphatic rings. The summed E-state index contributed by atoms with van der Waals surface area (Å²) < 4.78 is 5.45.